The van der Waals surface area contributed by atoms with E-state index in [9.17, 15) is 4.79 Å². The number of hydrogen-bond donors (Lipinski definition) is 1. The number of piperidine rings is 1. The van der Waals surface area contributed by atoms with Crippen molar-refractivity contribution in [3.63, 3.8) is 0 Å². The number of nitrogens with zero attached hydrogens (tertiary/aromatic N) is 3. The molecule has 0 bridgehead atoms. The normalized spacial score (nSPS) is 16.8. The highest BCUT2D eigenvalue weighted by molar-refractivity contribution is 5.89. The molecule has 0 aliphatic carbocycles. The number of ether oxygens (including phenoxy) is 1. The first-order valence-electron chi connectivity index (χ1n) is 9.52. The van der Waals surface area contributed by atoms with Crippen LogP contribution in [0.4, 0.5) is 10.5 Å². The van der Waals surface area contributed by atoms with Gasteiger partial charge in [0.05, 0.1) is 11.6 Å². The fraction of sp³-hybridized carbons (Fsp3) is 0.364. The van der Waals surface area contributed by atoms with Crippen LogP contribution in [0.3, 0.4) is 0 Å². The second kappa shape index (κ2) is 9.25. The summed E-state index contributed by atoms with van der Waals surface area (Å²) >= 11 is 0. The van der Waals surface area contributed by atoms with Crippen molar-refractivity contribution >= 4 is 11.7 Å². The molecule has 2 aromatic carbocycles. The minimum atomic E-state index is -0.103. The number of nitriles is 1. The molecule has 6 heteroatoms. The highest BCUT2D eigenvalue weighted by Gasteiger charge is 2.20. The standard InChI is InChI=1S/C22H26N4O2/c1-25-13-3-4-18(15-25)16-26(2)22(27)24-19-7-11-21(12-8-19)28-20-9-5-17(14-23)6-10-20/h5-12,18H,3-4,13,15-16H2,1-2H3,(H,24,27). The van der Waals surface area contributed by atoms with Crippen molar-refractivity contribution in [3.05, 3.63) is 54.1 Å². The molecule has 3 rings (SSSR count). The van der Waals surface area contributed by atoms with Crippen LogP contribution in [0.25, 0.3) is 0 Å². The second-order valence-corrected chi connectivity index (χ2v) is 7.34. The SMILES string of the molecule is CN1CCCC(CN(C)C(=O)Nc2ccc(Oc3ccc(C#N)cc3)cc2)C1. The van der Waals surface area contributed by atoms with Gasteiger partial charge >= 0.3 is 6.03 Å². The number of carbonyl (C=O) groups is 1. The average Bonchev–Trinajstić information content (AvgIpc) is 2.70. The smallest absolute Gasteiger partial charge is 0.321 e. The van der Waals surface area contributed by atoms with Gasteiger partial charge in [0.15, 0.2) is 0 Å². The average molecular weight is 378 g/mol. The lowest BCUT2D eigenvalue weighted by Crippen LogP contribution is -2.41. The van der Waals surface area contributed by atoms with Crippen LogP contribution in [0.2, 0.25) is 0 Å². The predicted octanol–water partition coefficient (Wildman–Crippen LogP) is 4.16. The van der Waals surface area contributed by atoms with Crippen molar-refractivity contribution in [2.45, 2.75) is 12.8 Å². The maximum absolute atomic E-state index is 12.4. The molecule has 0 radical (unpaired) electrons. The van der Waals surface area contributed by atoms with Gasteiger partial charge in [-0.2, -0.15) is 5.26 Å². The van der Waals surface area contributed by atoms with Crippen LogP contribution in [0, 0.1) is 17.2 Å². The Morgan fingerprint density at radius 1 is 1.21 bits per heavy atom. The number of amides is 2. The third-order valence-electron chi connectivity index (χ3n) is 4.93. The first-order chi connectivity index (χ1) is 13.5. The van der Waals surface area contributed by atoms with Crippen LogP contribution in [-0.4, -0.2) is 49.6 Å². The minimum absolute atomic E-state index is 0.103. The third-order valence-corrected chi connectivity index (χ3v) is 4.93. The van der Waals surface area contributed by atoms with E-state index in [1.54, 1.807) is 29.2 Å². The number of benzene rings is 2. The molecule has 1 saturated heterocycles. The van der Waals surface area contributed by atoms with E-state index in [2.05, 4.69) is 23.3 Å². The quantitative estimate of drug-likeness (QED) is 0.848. The molecule has 1 fully saturated rings. The van der Waals surface area contributed by atoms with Gasteiger partial charge in [0.25, 0.3) is 0 Å². The van der Waals surface area contributed by atoms with E-state index < -0.39 is 0 Å². The van der Waals surface area contributed by atoms with Crippen LogP contribution < -0.4 is 10.1 Å². The van der Waals surface area contributed by atoms with Crippen LogP contribution in [-0.2, 0) is 0 Å². The Hall–Kier alpha value is -3.04. The first kappa shape index (κ1) is 19.7. The highest BCUT2D eigenvalue weighted by Crippen LogP contribution is 2.23. The summed E-state index contributed by atoms with van der Waals surface area (Å²) in [5.74, 6) is 1.85. The number of carbonyl (C=O) groups excluding carboxylic acids is 1. The Bertz CT molecular complexity index is 827. The number of anilines is 1. The zero-order chi connectivity index (χ0) is 19.9. The summed E-state index contributed by atoms with van der Waals surface area (Å²) in [6.07, 6.45) is 2.36. The predicted molar refractivity (Wildman–Crippen MR) is 110 cm³/mol. The lowest BCUT2D eigenvalue weighted by atomic mass is 9.98. The fourth-order valence-electron chi connectivity index (χ4n) is 3.45. The molecule has 1 heterocycles. The largest absolute Gasteiger partial charge is 0.457 e. The lowest BCUT2D eigenvalue weighted by Gasteiger charge is -2.32. The van der Waals surface area contributed by atoms with Gasteiger partial charge in [0, 0.05) is 25.8 Å². The summed E-state index contributed by atoms with van der Waals surface area (Å²) in [4.78, 5) is 16.5. The molecular weight excluding hydrogens is 352 g/mol. The molecule has 2 aromatic rings. The van der Waals surface area contributed by atoms with Gasteiger partial charge in [-0.25, -0.2) is 4.79 Å². The Morgan fingerprint density at radius 3 is 2.46 bits per heavy atom. The highest BCUT2D eigenvalue weighted by atomic mass is 16.5. The first-order valence-corrected chi connectivity index (χ1v) is 9.52. The third kappa shape index (κ3) is 5.48. The number of likely N-dealkylation sites (tertiary alicyclic amines) is 1. The van der Waals surface area contributed by atoms with E-state index in [1.807, 2.05) is 31.3 Å². The van der Waals surface area contributed by atoms with Crippen molar-refractivity contribution in [2.24, 2.45) is 5.92 Å². The molecule has 1 atom stereocenters. The number of rotatable bonds is 5. The summed E-state index contributed by atoms with van der Waals surface area (Å²) in [5, 5.41) is 11.8. The monoisotopic (exact) mass is 378 g/mol. The zero-order valence-corrected chi connectivity index (χ0v) is 16.4. The van der Waals surface area contributed by atoms with Crippen LogP contribution in [0.1, 0.15) is 18.4 Å². The minimum Gasteiger partial charge on any atom is -0.457 e. The van der Waals surface area contributed by atoms with Crippen molar-refractivity contribution in [1.82, 2.24) is 9.80 Å². The van der Waals surface area contributed by atoms with Gasteiger partial charge < -0.3 is 19.9 Å². The molecular formula is C22H26N4O2. The second-order valence-electron chi connectivity index (χ2n) is 7.34. The van der Waals surface area contributed by atoms with E-state index in [1.165, 1.54) is 12.8 Å². The van der Waals surface area contributed by atoms with Gasteiger partial charge in [-0.05, 0) is 80.9 Å². The number of hydrogen-bond acceptors (Lipinski definition) is 4. The molecule has 1 aliphatic rings. The van der Waals surface area contributed by atoms with Crippen molar-refractivity contribution in [1.29, 1.82) is 5.26 Å². The van der Waals surface area contributed by atoms with E-state index in [4.69, 9.17) is 10.00 Å². The molecule has 2 amide bonds. The molecule has 1 N–H and O–H groups in total. The van der Waals surface area contributed by atoms with Crippen molar-refractivity contribution in [3.8, 4) is 17.6 Å². The molecule has 1 aliphatic heterocycles. The lowest BCUT2D eigenvalue weighted by molar-refractivity contribution is 0.170. The fourth-order valence-corrected chi connectivity index (χ4v) is 3.45. The molecule has 1 unspecified atom stereocenters. The Morgan fingerprint density at radius 2 is 1.86 bits per heavy atom. The summed E-state index contributed by atoms with van der Waals surface area (Å²) < 4.78 is 5.76. The molecule has 0 saturated carbocycles. The molecule has 6 nitrogen and oxygen atoms in total. The van der Waals surface area contributed by atoms with Crippen molar-refractivity contribution < 1.29 is 9.53 Å². The maximum atomic E-state index is 12.4. The number of urea groups is 1. The molecule has 28 heavy (non-hydrogen) atoms. The Balaban J connectivity index is 1.51. The molecule has 146 valence electrons. The van der Waals surface area contributed by atoms with Crippen LogP contribution in [0.15, 0.2) is 48.5 Å². The zero-order valence-electron chi connectivity index (χ0n) is 16.4. The van der Waals surface area contributed by atoms with Crippen molar-refractivity contribution in [2.75, 3.05) is 39.0 Å². The topological polar surface area (TPSA) is 68.6 Å². The van der Waals surface area contributed by atoms with Gasteiger partial charge in [-0.3, -0.25) is 0 Å². The summed E-state index contributed by atoms with van der Waals surface area (Å²) in [7, 11) is 3.97. The summed E-state index contributed by atoms with van der Waals surface area (Å²) in [6, 6.07) is 16.2. The Kier molecular flexibility index (Phi) is 6.51. The van der Waals surface area contributed by atoms with Gasteiger partial charge in [0.1, 0.15) is 11.5 Å². The van der Waals surface area contributed by atoms with E-state index in [0.717, 1.165) is 25.3 Å². The Labute approximate surface area is 166 Å². The molecule has 0 spiro atoms. The van der Waals surface area contributed by atoms with E-state index in [0.29, 0.717) is 23.0 Å². The van der Waals surface area contributed by atoms with Gasteiger partial charge in [-0.15, -0.1) is 0 Å². The molecule has 0 aromatic heterocycles. The maximum Gasteiger partial charge on any atom is 0.321 e. The van der Waals surface area contributed by atoms with E-state index >= 15 is 0 Å². The van der Waals surface area contributed by atoms with Gasteiger partial charge in [0.2, 0.25) is 0 Å². The van der Waals surface area contributed by atoms with Crippen LogP contribution >= 0.6 is 0 Å². The summed E-state index contributed by atoms with van der Waals surface area (Å²) in [5.41, 5.74) is 1.32. The number of nitrogens with one attached hydrogen (secondary N) is 1. The summed E-state index contributed by atoms with van der Waals surface area (Å²) in [6.45, 7) is 2.94. The van der Waals surface area contributed by atoms with Crippen LogP contribution in [0.5, 0.6) is 11.5 Å². The van der Waals surface area contributed by atoms with E-state index in [-0.39, 0.29) is 6.03 Å². The van der Waals surface area contributed by atoms with Gasteiger partial charge in [-0.1, -0.05) is 0 Å².